The molecule has 2 N–H and O–H groups in total. The number of hydrogen-bond acceptors (Lipinski definition) is 3. The van der Waals surface area contributed by atoms with E-state index in [0.717, 1.165) is 0 Å². The van der Waals surface area contributed by atoms with Crippen molar-refractivity contribution in [1.29, 1.82) is 0 Å². The number of nitrogens with zero attached hydrogens (tertiary/aromatic N) is 1. The number of anilines is 1. The van der Waals surface area contributed by atoms with E-state index in [0.29, 0.717) is 22.0 Å². The van der Waals surface area contributed by atoms with E-state index in [1.54, 1.807) is 19.1 Å². The van der Waals surface area contributed by atoms with Crippen molar-refractivity contribution in [3.05, 3.63) is 46.9 Å². The number of aromatic nitrogens is 1. The molecule has 0 saturated heterocycles. The summed E-state index contributed by atoms with van der Waals surface area (Å²) in [6.45, 7) is 1.67. The SMILES string of the molecule is Cc1ccc(Oc2ncc(Cl)cc2N)cc1F. The minimum atomic E-state index is -0.338. The lowest BCUT2D eigenvalue weighted by Gasteiger charge is -2.07. The van der Waals surface area contributed by atoms with Crippen LogP contribution in [-0.4, -0.2) is 4.98 Å². The van der Waals surface area contributed by atoms with Gasteiger partial charge in [-0.2, -0.15) is 0 Å². The third-order valence-electron chi connectivity index (χ3n) is 2.20. The molecule has 17 heavy (non-hydrogen) atoms. The molecule has 0 radical (unpaired) electrons. The molecule has 88 valence electrons. The first-order valence-corrected chi connectivity index (χ1v) is 5.29. The number of aryl methyl sites for hydroxylation is 1. The molecule has 0 aliphatic carbocycles. The van der Waals surface area contributed by atoms with Crippen LogP contribution in [0.25, 0.3) is 0 Å². The third-order valence-corrected chi connectivity index (χ3v) is 2.41. The molecule has 0 atom stereocenters. The van der Waals surface area contributed by atoms with Crippen LogP contribution in [0.4, 0.5) is 10.1 Å². The van der Waals surface area contributed by atoms with E-state index >= 15 is 0 Å². The lowest BCUT2D eigenvalue weighted by atomic mass is 10.2. The summed E-state index contributed by atoms with van der Waals surface area (Å²) in [5.74, 6) is 0.210. The minimum Gasteiger partial charge on any atom is -0.437 e. The Labute approximate surface area is 103 Å². The molecule has 0 amide bonds. The highest BCUT2D eigenvalue weighted by atomic mass is 35.5. The van der Waals surface area contributed by atoms with Crippen LogP contribution in [0.3, 0.4) is 0 Å². The average Bonchev–Trinajstić information content (AvgIpc) is 2.27. The van der Waals surface area contributed by atoms with Crippen LogP contribution in [-0.2, 0) is 0 Å². The van der Waals surface area contributed by atoms with Crippen molar-refractivity contribution in [2.75, 3.05) is 5.73 Å². The zero-order chi connectivity index (χ0) is 12.4. The zero-order valence-electron chi connectivity index (χ0n) is 9.08. The molecule has 0 spiro atoms. The Morgan fingerprint density at radius 3 is 2.76 bits per heavy atom. The van der Waals surface area contributed by atoms with Crippen LogP contribution < -0.4 is 10.5 Å². The highest BCUT2D eigenvalue weighted by Crippen LogP contribution is 2.27. The lowest BCUT2D eigenvalue weighted by molar-refractivity contribution is 0.460. The summed E-state index contributed by atoms with van der Waals surface area (Å²) in [5.41, 5.74) is 6.53. The van der Waals surface area contributed by atoms with Crippen LogP contribution in [0.15, 0.2) is 30.5 Å². The van der Waals surface area contributed by atoms with Gasteiger partial charge in [0.2, 0.25) is 5.88 Å². The Hall–Kier alpha value is -1.81. The van der Waals surface area contributed by atoms with Gasteiger partial charge in [-0.05, 0) is 24.6 Å². The maximum absolute atomic E-state index is 13.3. The summed E-state index contributed by atoms with van der Waals surface area (Å²) in [6.07, 6.45) is 1.41. The van der Waals surface area contributed by atoms with Crippen molar-refractivity contribution < 1.29 is 9.13 Å². The smallest absolute Gasteiger partial charge is 0.242 e. The first-order valence-electron chi connectivity index (χ1n) is 4.91. The quantitative estimate of drug-likeness (QED) is 0.889. The number of rotatable bonds is 2. The largest absolute Gasteiger partial charge is 0.437 e. The summed E-state index contributed by atoms with van der Waals surface area (Å²) in [6, 6.07) is 6.07. The van der Waals surface area contributed by atoms with Gasteiger partial charge in [0.15, 0.2) is 0 Å². The number of benzene rings is 1. The van der Waals surface area contributed by atoms with E-state index in [4.69, 9.17) is 22.1 Å². The van der Waals surface area contributed by atoms with Gasteiger partial charge < -0.3 is 10.5 Å². The number of nitrogens with two attached hydrogens (primary N) is 1. The van der Waals surface area contributed by atoms with Crippen LogP contribution in [0.5, 0.6) is 11.6 Å². The fourth-order valence-corrected chi connectivity index (χ4v) is 1.44. The van der Waals surface area contributed by atoms with E-state index in [9.17, 15) is 4.39 Å². The van der Waals surface area contributed by atoms with E-state index < -0.39 is 0 Å². The van der Waals surface area contributed by atoms with Gasteiger partial charge in [0.25, 0.3) is 0 Å². The molecular weight excluding hydrogens is 243 g/mol. The van der Waals surface area contributed by atoms with E-state index in [1.807, 2.05) is 0 Å². The lowest BCUT2D eigenvalue weighted by Crippen LogP contribution is -1.95. The minimum absolute atomic E-state index is 0.206. The number of halogens is 2. The number of ether oxygens (including phenoxy) is 1. The molecule has 0 fully saturated rings. The van der Waals surface area contributed by atoms with Crippen molar-refractivity contribution >= 4 is 17.3 Å². The predicted molar refractivity (Wildman–Crippen MR) is 64.9 cm³/mol. The van der Waals surface area contributed by atoms with E-state index in [-0.39, 0.29) is 11.7 Å². The topological polar surface area (TPSA) is 48.1 Å². The predicted octanol–water partition coefficient (Wildman–Crippen LogP) is 3.56. The Kier molecular flexibility index (Phi) is 3.15. The first-order chi connectivity index (χ1) is 8.06. The summed E-state index contributed by atoms with van der Waals surface area (Å²) >= 11 is 5.71. The molecule has 2 aromatic rings. The van der Waals surface area contributed by atoms with Gasteiger partial charge in [-0.1, -0.05) is 17.7 Å². The first kappa shape index (κ1) is 11.7. The van der Waals surface area contributed by atoms with Crippen molar-refractivity contribution in [3.63, 3.8) is 0 Å². The van der Waals surface area contributed by atoms with Gasteiger partial charge in [0, 0.05) is 12.3 Å². The molecule has 1 heterocycles. The summed E-state index contributed by atoms with van der Waals surface area (Å²) in [5, 5.41) is 0.421. The Morgan fingerprint density at radius 2 is 2.12 bits per heavy atom. The second kappa shape index (κ2) is 4.59. The average molecular weight is 253 g/mol. The van der Waals surface area contributed by atoms with Crippen molar-refractivity contribution in [3.8, 4) is 11.6 Å². The van der Waals surface area contributed by atoms with Crippen LogP contribution >= 0.6 is 11.6 Å². The van der Waals surface area contributed by atoms with Crippen LogP contribution in [0.1, 0.15) is 5.56 Å². The number of pyridine rings is 1. The van der Waals surface area contributed by atoms with Gasteiger partial charge in [-0.25, -0.2) is 9.37 Å². The summed E-state index contributed by atoms with van der Waals surface area (Å²) in [7, 11) is 0. The second-order valence-corrected chi connectivity index (χ2v) is 4.00. The van der Waals surface area contributed by atoms with E-state index in [2.05, 4.69) is 4.98 Å². The van der Waals surface area contributed by atoms with Gasteiger partial charge in [0.05, 0.1) is 10.7 Å². The van der Waals surface area contributed by atoms with Gasteiger partial charge >= 0.3 is 0 Å². The fourth-order valence-electron chi connectivity index (χ4n) is 1.28. The number of hydrogen-bond donors (Lipinski definition) is 1. The van der Waals surface area contributed by atoms with Crippen molar-refractivity contribution in [2.45, 2.75) is 6.92 Å². The van der Waals surface area contributed by atoms with Gasteiger partial charge in [0.1, 0.15) is 11.6 Å². The molecule has 0 bridgehead atoms. The van der Waals surface area contributed by atoms with Crippen LogP contribution in [0, 0.1) is 12.7 Å². The Balaban J connectivity index is 2.28. The number of nitrogen functional groups attached to an aromatic ring is 1. The zero-order valence-corrected chi connectivity index (χ0v) is 9.83. The monoisotopic (exact) mass is 252 g/mol. The fraction of sp³-hybridized carbons (Fsp3) is 0.0833. The van der Waals surface area contributed by atoms with Crippen molar-refractivity contribution in [2.24, 2.45) is 0 Å². The third kappa shape index (κ3) is 2.65. The maximum atomic E-state index is 13.3. The highest BCUT2D eigenvalue weighted by molar-refractivity contribution is 6.30. The molecule has 5 heteroatoms. The summed E-state index contributed by atoms with van der Waals surface area (Å²) in [4.78, 5) is 3.92. The Bertz CT molecular complexity index is 560. The van der Waals surface area contributed by atoms with E-state index in [1.165, 1.54) is 18.3 Å². The molecule has 3 nitrogen and oxygen atoms in total. The summed E-state index contributed by atoms with van der Waals surface area (Å²) < 4.78 is 18.7. The van der Waals surface area contributed by atoms with Gasteiger partial charge in [-0.3, -0.25) is 0 Å². The molecule has 1 aromatic carbocycles. The molecule has 0 unspecified atom stereocenters. The van der Waals surface area contributed by atoms with Crippen LogP contribution in [0.2, 0.25) is 5.02 Å². The Morgan fingerprint density at radius 1 is 1.35 bits per heavy atom. The molecule has 0 saturated carbocycles. The standard InChI is InChI=1S/C12H10ClFN2O/c1-7-2-3-9(5-10(7)14)17-12-11(15)4-8(13)6-16-12/h2-6H,15H2,1H3. The maximum Gasteiger partial charge on any atom is 0.242 e. The molecular formula is C12H10ClFN2O. The molecule has 0 aliphatic heterocycles. The normalized spacial score (nSPS) is 10.3. The van der Waals surface area contributed by atoms with Crippen molar-refractivity contribution in [1.82, 2.24) is 4.98 Å². The van der Waals surface area contributed by atoms with Gasteiger partial charge in [-0.15, -0.1) is 0 Å². The molecule has 1 aromatic heterocycles. The molecule has 0 aliphatic rings. The molecule has 2 rings (SSSR count). The second-order valence-electron chi connectivity index (χ2n) is 3.56. The highest BCUT2D eigenvalue weighted by Gasteiger charge is 2.06.